The number of likely N-dealkylation sites (tertiary alicyclic amines) is 1. The average molecular weight is 374 g/mol. The third-order valence-corrected chi connectivity index (χ3v) is 6.32. The van der Waals surface area contributed by atoms with E-state index in [9.17, 15) is 4.79 Å². The summed E-state index contributed by atoms with van der Waals surface area (Å²) in [5.41, 5.74) is 1.32. The monoisotopic (exact) mass is 373 g/mol. The molecule has 4 nitrogen and oxygen atoms in total. The summed E-state index contributed by atoms with van der Waals surface area (Å²) in [5.74, 6) is 0.892. The molecule has 2 amide bonds. The Labute approximate surface area is 161 Å². The molecule has 2 aromatic rings. The van der Waals surface area contributed by atoms with E-state index in [1.54, 1.807) is 11.3 Å². The minimum absolute atomic E-state index is 0.0451. The average Bonchev–Trinajstić information content (AvgIpc) is 3.06. The Balaban J connectivity index is 1.24. The first-order chi connectivity index (χ1) is 12.7. The lowest BCUT2D eigenvalue weighted by atomic mass is 9.99. The second-order valence-corrected chi connectivity index (χ2v) is 8.33. The standard InChI is InChI=1S/C21H31N3OS/c1-17-9-14-24(15-10-17)13-5-4-11-22-21(25)23-12-8-18-16-26-20-7-3-2-6-19(18)20/h2-3,6-7,16-17H,4-5,8-15H2,1H3,(H2,22,23,25). The fourth-order valence-electron chi connectivity index (χ4n) is 3.55. The lowest BCUT2D eigenvalue weighted by Gasteiger charge is -2.30. The molecule has 1 aromatic heterocycles. The molecule has 1 aliphatic rings. The van der Waals surface area contributed by atoms with Crippen molar-refractivity contribution in [2.24, 2.45) is 5.92 Å². The molecule has 1 aliphatic heterocycles. The summed E-state index contributed by atoms with van der Waals surface area (Å²) in [5, 5.41) is 9.47. The molecule has 5 heteroatoms. The van der Waals surface area contributed by atoms with Gasteiger partial charge in [-0.1, -0.05) is 25.1 Å². The van der Waals surface area contributed by atoms with E-state index in [0.717, 1.165) is 31.7 Å². The van der Waals surface area contributed by atoms with E-state index in [1.807, 2.05) is 0 Å². The largest absolute Gasteiger partial charge is 0.338 e. The smallest absolute Gasteiger partial charge is 0.314 e. The van der Waals surface area contributed by atoms with Crippen LogP contribution in [0.2, 0.25) is 0 Å². The lowest BCUT2D eigenvalue weighted by molar-refractivity contribution is 0.189. The highest BCUT2D eigenvalue weighted by Gasteiger charge is 2.14. The van der Waals surface area contributed by atoms with Crippen LogP contribution < -0.4 is 10.6 Å². The molecule has 0 unspecified atom stereocenters. The molecule has 142 valence electrons. The topological polar surface area (TPSA) is 44.4 Å². The summed E-state index contributed by atoms with van der Waals surface area (Å²) in [6.07, 6.45) is 5.76. The Morgan fingerprint density at radius 2 is 1.92 bits per heavy atom. The van der Waals surface area contributed by atoms with Gasteiger partial charge >= 0.3 is 6.03 Å². The van der Waals surface area contributed by atoms with Gasteiger partial charge in [0, 0.05) is 17.8 Å². The Kier molecular flexibility index (Phi) is 7.32. The second kappa shape index (κ2) is 9.93. The van der Waals surface area contributed by atoms with Crippen LogP contribution in [0.1, 0.15) is 38.2 Å². The van der Waals surface area contributed by atoms with Crippen molar-refractivity contribution in [3.8, 4) is 0 Å². The molecule has 26 heavy (non-hydrogen) atoms. The first-order valence-corrected chi connectivity index (χ1v) is 10.8. The van der Waals surface area contributed by atoms with Gasteiger partial charge in [0.15, 0.2) is 0 Å². The highest BCUT2D eigenvalue weighted by Crippen LogP contribution is 2.25. The van der Waals surface area contributed by atoms with Crippen molar-refractivity contribution < 1.29 is 4.79 Å². The van der Waals surface area contributed by atoms with Crippen molar-refractivity contribution in [3.63, 3.8) is 0 Å². The van der Waals surface area contributed by atoms with Gasteiger partial charge in [0.2, 0.25) is 0 Å². The van der Waals surface area contributed by atoms with Gasteiger partial charge in [-0.3, -0.25) is 0 Å². The van der Waals surface area contributed by atoms with Gasteiger partial charge in [-0.25, -0.2) is 4.79 Å². The molecule has 0 bridgehead atoms. The van der Waals surface area contributed by atoms with Gasteiger partial charge in [0.1, 0.15) is 0 Å². The van der Waals surface area contributed by atoms with E-state index in [1.165, 1.54) is 48.1 Å². The number of nitrogens with zero attached hydrogens (tertiary/aromatic N) is 1. The summed E-state index contributed by atoms with van der Waals surface area (Å²) < 4.78 is 1.31. The predicted molar refractivity (Wildman–Crippen MR) is 111 cm³/mol. The van der Waals surface area contributed by atoms with E-state index in [-0.39, 0.29) is 6.03 Å². The molecule has 0 saturated carbocycles. The number of hydrogen-bond donors (Lipinski definition) is 2. The Morgan fingerprint density at radius 1 is 1.15 bits per heavy atom. The van der Waals surface area contributed by atoms with Gasteiger partial charge in [0.05, 0.1) is 0 Å². The first kappa shape index (κ1) is 19.2. The van der Waals surface area contributed by atoms with Crippen molar-refractivity contribution in [2.45, 2.75) is 39.0 Å². The minimum Gasteiger partial charge on any atom is -0.338 e. The highest BCUT2D eigenvalue weighted by molar-refractivity contribution is 7.17. The third-order valence-electron chi connectivity index (χ3n) is 5.30. The van der Waals surface area contributed by atoms with Crippen molar-refractivity contribution in [3.05, 3.63) is 35.2 Å². The van der Waals surface area contributed by atoms with E-state index >= 15 is 0 Å². The first-order valence-electron chi connectivity index (χ1n) is 9.91. The maximum atomic E-state index is 11.9. The summed E-state index contributed by atoms with van der Waals surface area (Å²) >= 11 is 1.77. The van der Waals surface area contributed by atoms with Gasteiger partial charge in [-0.15, -0.1) is 11.3 Å². The zero-order valence-corrected chi connectivity index (χ0v) is 16.6. The van der Waals surface area contributed by atoms with Crippen LogP contribution in [0.5, 0.6) is 0 Å². The number of unbranched alkanes of at least 4 members (excludes halogenated alkanes) is 1. The molecule has 3 rings (SSSR count). The Morgan fingerprint density at radius 3 is 2.77 bits per heavy atom. The number of thiophene rings is 1. The molecule has 0 radical (unpaired) electrons. The fourth-order valence-corrected chi connectivity index (χ4v) is 4.54. The maximum Gasteiger partial charge on any atom is 0.314 e. The van der Waals surface area contributed by atoms with Crippen LogP contribution in [0, 0.1) is 5.92 Å². The van der Waals surface area contributed by atoms with Crippen molar-refractivity contribution in [1.29, 1.82) is 0 Å². The molecule has 2 heterocycles. The number of rotatable bonds is 8. The molecular formula is C21H31N3OS. The molecule has 1 fully saturated rings. The van der Waals surface area contributed by atoms with Crippen LogP contribution in [0.15, 0.2) is 29.6 Å². The second-order valence-electron chi connectivity index (χ2n) is 7.42. The zero-order valence-electron chi connectivity index (χ0n) is 15.8. The van der Waals surface area contributed by atoms with Crippen LogP contribution in [0.4, 0.5) is 4.79 Å². The number of carbonyl (C=O) groups excluding carboxylic acids is 1. The fraction of sp³-hybridized carbons (Fsp3) is 0.571. The van der Waals surface area contributed by atoms with Crippen LogP contribution in [0.25, 0.3) is 10.1 Å². The minimum atomic E-state index is -0.0451. The summed E-state index contributed by atoms with van der Waals surface area (Å²) in [6, 6.07) is 8.40. The predicted octanol–water partition coefficient (Wildman–Crippen LogP) is 4.26. The van der Waals surface area contributed by atoms with Gasteiger partial charge in [-0.2, -0.15) is 0 Å². The normalized spacial score (nSPS) is 16.0. The van der Waals surface area contributed by atoms with Crippen LogP contribution >= 0.6 is 11.3 Å². The van der Waals surface area contributed by atoms with E-state index in [4.69, 9.17) is 0 Å². The maximum absolute atomic E-state index is 11.9. The molecule has 0 aliphatic carbocycles. The number of piperidine rings is 1. The van der Waals surface area contributed by atoms with Crippen molar-refractivity contribution >= 4 is 27.5 Å². The van der Waals surface area contributed by atoms with Crippen LogP contribution in [-0.2, 0) is 6.42 Å². The summed E-state index contributed by atoms with van der Waals surface area (Å²) in [7, 11) is 0. The van der Waals surface area contributed by atoms with Crippen molar-refractivity contribution in [1.82, 2.24) is 15.5 Å². The zero-order chi connectivity index (χ0) is 18.2. The van der Waals surface area contributed by atoms with Gasteiger partial charge < -0.3 is 15.5 Å². The Hall–Kier alpha value is -1.59. The molecule has 0 atom stereocenters. The van der Waals surface area contributed by atoms with Crippen LogP contribution in [0.3, 0.4) is 0 Å². The molecule has 2 N–H and O–H groups in total. The number of amides is 2. The number of carbonyl (C=O) groups is 1. The van der Waals surface area contributed by atoms with E-state index in [2.05, 4.69) is 52.1 Å². The van der Waals surface area contributed by atoms with Gasteiger partial charge in [0.25, 0.3) is 0 Å². The Bertz CT molecular complexity index is 691. The van der Waals surface area contributed by atoms with Crippen LogP contribution in [-0.4, -0.2) is 43.7 Å². The number of urea groups is 1. The summed E-state index contributed by atoms with van der Waals surface area (Å²) in [4.78, 5) is 14.5. The number of nitrogens with one attached hydrogen (secondary N) is 2. The number of fused-ring (bicyclic) bond motifs is 1. The third kappa shape index (κ3) is 5.71. The number of benzene rings is 1. The lowest BCUT2D eigenvalue weighted by Crippen LogP contribution is -2.37. The number of hydrogen-bond acceptors (Lipinski definition) is 3. The highest BCUT2D eigenvalue weighted by atomic mass is 32.1. The molecule has 1 saturated heterocycles. The van der Waals surface area contributed by atoms with Gasteiger partial charge in [-0.05, 0) is 80.1 Å². The molecule has 1 aromatic carbocycles. The molecular weight excluding hydrogens is 342 g/mol. The summed E-state index contributed by atoms with van der Waals surface area (Å²) in [6.45, 7) is 7.44. The van der Waals surface area contributed by atoms with E-state index in [0.29, 0.717) is 6.54 Å². The molecule has 0 spiro atoms. The SMILES string of the molecule is CC1CCN(CCCCNC(=O)NCCc2csc3ccccc23)CC1. The quantitative estimate of drug-likeness (QED) is 0.679. The van der Waals surface area contributed by atoms with Crippen molar-refractivity contribution in [2.75, 3.05) is 32.7 Å². The van der Waals surface area contributed by atoms with E-state index < -0.39 is 0 Å².